The quantitative estimate of drug-likeness (QED) is 0.257. The number of hydrogen-bond donors (Lipinski definition) is 2. The summed E-state index contributed by atoms with van der Waals surface area (Å²) in [5.41, 5.74) is 2.91. The van der Waals surface area contributed by atoms with Gasteiger partial charge in [-0.05, 0) is 48.9 Å². The number of carbonyl (C=O) groups is 1. The lowest BCUT2D eigenvalue weighted by atomic mass is 10.0. The minimum absolute atomic E-state index is 0.0898. The Hall–Kier alpha value is -3.20. The number of allylic oxidation sites excluding steroid dienone is 1. The molecule has 2 aromatic carbocycles. The Morgan fingerprint density at radius 2 is 1.97 bits per heavy atom. The molecule has 10 heteroatoms. The van der Waals surface area contributed by atoms with Gasteiger partial charge >= 0.3 is 7.60 Å². The summed E-state index contributed by atoms with van der Waals surface area (Å²) in [5.74, 6) is 0.440. The van der Waals surface area contributed by atoms with Crippen molar-refractivity contribution >= 4 is 51.9 Å². The van der Waals surface area contributed by atoms with E-state index in [1.807, 2.05) is 29.0 Å². The van der Waals surface area contributed by atoms with Gasteiger partial charge in [0, 0.05) is 52.1 Å². The number of ether oxygens (including phenoxy) is 1. The first-order chi connectivity index (χ1) is 16.6. The number of ketones is 1. The lowest BCUT2D eigenvalue weighted by Gasteiger charge is -2.06. The van der Waals surface area contributed by atoms with Crippen molar-refractivity contribution in [2.24, 2.45) is 0 Å². The van der Waals surface area contributed by atoms with Crippen molar-refractivity contribution in [3.8, 4) is 17.9 Å². The third-order valence-corrected chi connectivity index (χ3v) is 6.84. The fourth-order valence-electron chi connectivity index (χ4n) is 3.76. The number of hydrogen-bond acceptors (Lipinski definition) is 5. The Morgan fingerprint density at radius 3 is 2.63 bits per heavy atom. The van der Waals surface area contributed by atoms with Crippen LogP contribution in [0.15, 0.2) is 47.1 Å². The van der Waals surface area contributed by atoms with Crippen molar-refractivity contribution in [2.45, 2.75) is 25.8 Å². The number of methoxy groups -OCH3 is 1. The summed E-state index contributed by atoms with van der Waals surface area (Å²) in [6.45, 7) is 0.360. The maximum absolute atomic E-state index is 12.3. The Kier molecular flexibility index (Phi) is 8.67. The van der Waals surface area contributed by atoms with Gasteiger partial charge in [-0.1, -0.05) is 15.9 Å². The van der Waals surface area contributed by atoms with Crippen LogP contribution in [-0.4, -0.2) is 33.4 Å². The lowest BCUT2D eigenvalue weighted by molar-refractivity contribution is -0.119. The summed E-state index contributed by atoms with van der Waals surface area (Å²) in [6.07, 6.45) is 3.61. The van der Waals surface area contributed by atoms with E-state index in [9.17, 15) is 19.9 Å². The van der Waals surface area contributed by atoms with Crippen LogP contribution in [0.5, 0.6) is 5.75 Å². The van der Waals surface area contributed by atoms with Crippen molar-refractivity contribution in [1.82, 2.24) is 4.57 Å². The number of carbonyl (C=O) groups excluding carboxylic acids is 1. The molecule has 1 heterocycles. The van der Waals surface area contributed by atoms with Crippen molar-refractivity contribution in [1.29, 1.82) is 10.5 Å². The van der Waals surface area contributed by atoms with Crippen LogP contribution in [0, 0.1) is 22.7 Å². The van der Waals surface area contributed by atoms with Gasteiger partial charge in [0.1, 0.15) is 11.5 Å². The molecule has 0 bridgehead atoms. The molecule has 35 heavy (non-hydrogen) atoms. The van der Waals surface area contributed by atoms with Gasteiger partial charge in [-0.2, -0.15) is 10.5 Å². The van der Waals surface area contributed by atoms with Gasteiger partial charge in [-0.15, -0.1) is 0 Å². The fourth-order valence-corrected chi connectivity index (χ4v) is 4.69. The van der Waals surface area contributed by atoms with Crippen LogP contribution >= 0.6 is 23.5 Å². The summed E-state index contributed by atoms with van der Waals surface area (Å²) in [7, 11) is -2.59. The smallest absolute Gasteiger partial charge is 0.325 e. The van der Waals surface area contributed by atoms with Gasteiger partial charge in [0.25, 0.3) is 0 Å². The highest BCUT2D eigenvalue weighted by Gasteiger charge is 2.16. The second-order valence-electron chi connectivity index (χ2n) is 7.92. The second-order valence-corrected chi connectivity index (χ2v) is 10.6. The van der Waals surface area contributed by atoms with Crippen LogP contribution in [0.4, 0.5) is 0 Å². The summed E-state index contributed by atoms with van der Waals surface area (Å²) >= 11 is 3.48. The van der Waals surface area contributed by atoms with Gasteiger partial charge < -0.3 is 19.1 Å². The average molecular weight is 556 g/mol. The highest BCUT2D eigenvalue weighted by Crippen LogP contribution is 2.35. The number of nitriles is 2. The minimum Gasteiger partial charge on any atom is -0.496 e. The highest BCUT2D eigenvalue weighted by molar-refractivity contribution is 9.10. The van der Waals surface area contributed by atoms with Crippen molar-refractivity contribution < 1.29 is 23.9 Å². The number of benzene rings is 2. The number of Topliss-reactive ketones (excluding diaryl/α,β-unsaturated/α-hetero) is 1. The van der Waals surface area contributed by atoms with E-state index >= 15 is 0 Å². The van der Waals surface area contributed by atoms with Gasteiger partial charge in [-0.3, -0.25) is 9.36 Å². The Morgan fingerprint density at radius 1 is 1.20 bits per heavy atom. The zero-order chi connectivity index (χ0) is 25.6. The minimum atomic E-state index is -4.11. The molecule has 0 fully saturated rings. The first-order valence-corrected chi connectivity index (χ1v) is 13.3. The maximum Gasteiger partial charge on any atom is 0.325 e. The monoisotopic (exact) mass is 555 g/mol. The molecule has 3 aromatic rings. The third kappa shape index (κ3) is 6.91. The number of aryl methyl sites for hydroxylation is 1. The van der Waals surface area contributed by atoms with Crippen molar-refractivity contribution in [3.05, 3.63) is 63.8 Å². The number of rotatable bonds is 10. The van der Waals surface area contributed by atoms with E-state index in [1.165, 1.54) is 7.11 Å². The molecule has 2 N–H and O–H groups in total. The third-order valence-electron chi connectivity index (χ3n) is 5.45. The standard InChI is InChI=1S/C25H23BrN3O5P/c1-34-25-7-4-17(14-27)11-18(25)12-19(15-28)23-16-29(24-6-5-20(26)13-22(23)24)9-8-21(30)3-2-10-35(31,32)33/h4-7,11-13,16H,2-3,8-10H2,1H3,(H2,31,32,33)/b19-12+. The van der Waals surface area contributed by atoms with E-state index in [0.717, 1.165) is 15.4 Å². The summed E-state index contributed by atoms with van der Waals surface area (Å²) in [4.78, 5) is 30.2. The van der Waals surface area contributed by atoms with Crippen LogP contribution in [0.25, 0.3) is 22.6 Å². The lowest BCUT2D eigenvalue weighted by Crippen LogP contribution is -2.05. The summed E-state index contributed by atoms with van der Waals surface area (Å²) in [6, 6.07) is 15.0. The van der Waals surface area contributed by atoms with Crippen molar-refractivity contribution in [2.75, 3.05) is 13.3 Å². The van der Waals surface area contributed by atoms with E-state index in [2.05, 4.69) is 28.1 Å². The van der Waals surface area contributed by atoms with Gasteiger partial charge in [0.2, 0.25) is 0 Å². The zero-order valence-electron chi connectivity index (χ0n) is 18.9. The van der Waals surface area contributed by atoms with Crippen LogP contribution in [0.2, 0.25) is 0 Å². The molecule has 0 radical (unpaired) electrons. The molecule has 0 atom stereocenters. The van der Waals surface area contributed by atoms with Crippen molar-refractivity contribution in [3.63, 3.8) is 0 Å². The second kappa shape index (κ2) is 11.5. The maximum atomic E-state index is 12.3. The molecule has 0 amide bonds. The molecule has 0 aliphatic heterocycles. The average Bonchev–Trinajstić information content (AvgIpc) is 3.17. The molecule has 8 nitrogen and oxygen atoms in total. The normalized spacial score (nSPS) is 11.8. The molecule has 0 saturated carbocycles. The molecular formula is C25H23BrN3O5P. The van der Waals surface area contributed by atoms with Gasteiger partial charge in [-0.25, -0.2) is 0 Å². The van der Waals surface area contributed by atoms with Gasteiger partial charge in [0.05, 0.1) is 36.5 Å². The molecule has 1 aromatic heterocycles. The van der Waals surface area contributed by atoms with E-state index < -0.39 is 7.60 Å². The van der Waals surface area contributed by atoms with E-state index in [4.69, 9.17) is 14.5 Å². The van der Waals surface area contributed by atoms with Crippen LogP contribution in [0.1, 0.15) is 36.0 Å². The molecule has 0 saturated heterocycles. The van der Waals surface area contributed by atoms with Crippen LogP contribution in [-0.2, 0) is 15.9 Å². The van der Waals surface area contributed by atoms with E-state index in [-0.39, 0.29) is 31.2 Å². The highest BCUT2D eigenvalue weighted by atomic mass is 79.9. The largest absolute Gasteiger partial charge is 0.496 e. The number of halogens is 1. The predicted octanol–water partition coefficient (Wildman–Crippen LogP) is 5.27. The van der Waals surface area contributed by atoms with E-state index in [1.54, 1.807) is 24.3 Å². The topological polar surface area (TPSA) is 136 Å². The number of nitrogens with zero attached hydrogens (tertiary/aromatic N) is 3. The molecule has 180 valence electrons. The molecule has 0 aliphatic carbocycles. The SMILES string of the molecule is COc1ccc(C#N)cc1/C=C(\C#N)c1cn(CCC(=O)CCCP(=O)(O)O)c2ccc(Br)cc12. The fraction of sp³-hybridized carbons (Fsp3) is 0.240. The number of aromatic nitrogens is 1. The summed E-state index contributed by atoms with van der Waals surface area (Å²) in [5, 5.41) is 20.1. The molecule has 3 rings (SSSR count). The zero-order valence-corrected chi connectivity index (χ0v) is 21.4. The first kappa shape index (κ1) is 26.4. The molecule has 0 spiro atoms. The van der Waals surface area contributed by atoms with Crippen LogP contribution in [0.3, 0.4) is 0 Å². The number of fused-ring (bicyclic) bond motifs is 1. The van der Waals surface area contributed by atoms with Gasteiger partial charge in [0.15, 0.2) is 0 Å². The predicted molar refractivity (Wildman–Crippen MR) is 137 cm³/mol. The molecule has 0 aliphatic rings. The Balaban J connectivity index is 1.95. The first-order valence-electron chi connectivity index (χ1n) is 10.7. The Bertz CT molecular complexity index is 1430. The Labute approximate surface area is 211 Å². The molecule has 0 unspecified atom stereocenters. The van der Waals surface area contributed by atoms with E-state index in [0.29, 0.717) is 34.6 Å². The molecular weight excluding hydrogens is 533 g/mol. The van der Waals surface area contributed by atoms with Crippen LogP contribution < -0.4 is 4.74 Å². The summed E-state index contributed by atoms with van der Waals surface area (Å²) < 4.78 is 19.1.